The molecule has 4 rings (SSSR count). The molecular formula is C22H25N3O2S. The number of hydrogen-bond donors (Lipinski definition) is 1. The summed E-state index contributed by atoms with van der Waals surface area (Å²) in [6.45, 7) is 8.81. The second-order valence-corrected chi connectivity index (χ2v) is 8.27. The maximum absolute atomic E-state index is 9.41. The highest BCUT2D eigenvalue weighted by atomic mass is 32.1. The van der Waals surface area contributed by atoms with E-state index in [9.17, 15) is 5.11 Å². The van der Waals surface area contributed by atoms with E-state index in [-0.39, 0.29) is 6.10 Å². The number of nitrogens with zero attached hydrogens (tertiary/aromatic N) is 3. The molecule has 1 saturated heterocycles. The number of aliphatic hydroxyl groups is 1. The summed E-state index contributed by atoms with van der Waals surface area (Å²) in [5.74, 6) is 1.52. The third-order valence-electron chi connectivity index (χ3n) is 5.18. The fourth-order valence-corrected chi connectivity index (χ4v) is 3.96. The quantitative estimate of drug-likeness (QED) is 0.680. The molecule has 28 heavy (non-hydrogen) atoms. The zero-order valence-electron chi connectivity index (χ0n) is 16.5. The second-order valence-electron chi connectivity index (χ2n) is 7.56. The Balaban J connectivity index is 1.44. The molecule has 1 aliphatic heterocycles. The predicted molar refractivity (Wildman–Crippen MR) is 112 cm³/mol. The van der Waals surface area contributed by atoms with Crippen molar-refractivity contribution in [3.63, 3.8) is 0 Å². The Morgan fingerprint density at radius 1 is 1.11 bits per heavy atom. The van der Waals surface area contributed by atoms with Gasteiger partial charge in [0.2, 0.25) is 0 Å². The van der Waals surface area contributed by atoms with Crippen molar-refractivity contribution >= 4 is 11.5 Å². The molecule has 0 amide bonds. The minimum absolute atomic E-state index is 0.143. The minimum Gasteiger partial charge on any atom is -0.430 e. The van der Waals surface area contributed by atoms with Gasteiger partial charge in [0.1, 0.15) is 5.75 Å². The standard InChI is InChI=1S/C22H25N3O2S/c1-14-4-6-17(7-5-14)21-23-22(28-24-21)27-20-11-15(2)18(10-16(20)3)8-9-25-12-19(26)13-25/h4-7,10-11,19,26H,8-9,12-13H2,1-3H3. The summed E-state index contributed by atoms with van der Waals surface area (Å²) in [5.41, 5.74) is 5.84. The van der Waals surface area contributed by atoms with E-state index in [4.69, 9.17) is 4.74 Å². The summed E-state index contributed by atoms with van der Waals surface area (Å²) in [4.78, 5) is 6.81. The molecule has 2 heterocycles. The monoisotopic (exact) mass is 395 g/mol. The van der Waals surface area contributed by atoms with Crippen LogP contribution in [0.5, 0.6) is 10.9 Å². The normalized spacial score (nSPS) is 14.9. The first-order valence-corrected chi connectivity index (χ1v) is 10.3. The van der Waals surface area contributed by atoms with Crippen molar-refractivity contribution in [1.82, 2.24) is 14.3 Å². The van der Waals surface area contributed by atoms with Crippen LogP contribution in [0.4, 0.5) is 0 Å². The van der Waals surface area contributed by atoms with Gasteiger partial charge < -0.3 is 9.84 Å². The van der Waals surface area contributed by atoms with Crippen LogP contribution in [0.2, 0.25) is 0 Å². The van der Waals surface area contributed by atoms with E-state index in [1.54, 1.807) is 0 Å². The number of aromatic nitrogens is 2. The average Bonchev–Trinajstić information content (AvgIpc) is 3.10. The summed E-state index contributed by atoms with van der Waals surface area (Å²) in [5, 5.41) is 9.97. The maximum atomic E-state index is 9.41. The van der Waals surface area contributed by atoms with Crippen molar-refractivity contribution in [2.75, 3.05) is 19.6 Å². The van der Waals surface area contributed by atoms with Gasteiger partial charge in [-0.25, -0.2) is 0 Å². The molecule has 1 fully saturated rings. The number of aliphatic hydroxyl groups excluding tert-OH is 1. The van der Waals surface area contributed by atoms with Crippen LogP contribution in [0.25, 0.3) is 11.4 Å². The van der Waals surface area contributed by atoms with E-state index < -0.39 is 0 Å². The lowest BCUT2D eigenvalue weighted by atomic mass is 10.0. The third-order valence-corrected chi connectivity index (χ3v) is 5.78. The zero-order chi connectivity index (χ0) is 19.7. The highest BCUT2D eigenvalue weighted by Gasteiger charge is 2.23. The lowest BCUT2D eigenvalue weighted by molar-refractivity contribution is 0.00309. The zero-order valence-corrected chi connectivity index (χ0v) is 17.3. The molecule has 1 N–H and O–H groups in total. The number of benzene rings is 2. The van der Waals surface area contributed by atoms with Crippen LogP contribution in [-0.2, 0) is 6.42 Å². The van der Waals surface area contributed by atoms with Crippen molar-refractivity contribution in [2.24, 2.45) is 0 Å². The van der Waals surface area contributed by atoms with Gasteiger partial charge in [-0.2, -0.15) is 9.36 Å². The molecule has 0 aliphatic carbocycles. The van der Waals surface area contributed by atoms with Crippen LogP contribution in [0.3, 0.4) is 0 Å². The molecule has 0 spiro atoms. The van der Waals surface area contributed by atoms with Crippen LogP contribution in [0, 0.1) is 20.8 Å². The van der Waals surface area contributed by atoms with Gasteiger partial charge in [0.05, 0.1) is 6.10 Å². The van der Waals surface area contributed by atoms with Crippen molar-refractivity contribution in [3.05, 3.63) is 58.7 Å². The first kappa shape index (κ1) is 19.1. The largest absolute Gasteiger partial charge is 0.430 e. The first-order chi connectivity index (χ1) is 13.5. The molecular weight excluding hydrogens is 370 g/mol. The van der Waals surface area contributed by atoms with Crippen molar-refractivity contribution in [2.45, 2.75) is 33.3 Å². The summed E-state index contributed by atoms with van der Waals surface area (Å²) in [6, 6.07) is 12.5. The molecule has 0 bridgehead atoms. The van der Waals surface area contributed by atoms with E-state index in [1.165, 1.54) is 28.2 Å². The SMILES string of the molecule is Cc1ccc(-c2nsc(Oc3cc(C)c(CCN4CC(O)C4)cc3C)n2)cc1. The lowest BCUT2D eigenvalue weighted by Crippen LogP contribution is -2.51. The molecule has 146 valence electrons. The third kappa shape index (κ3) is 4.24. The lowest BCUT2D eigenvalue weighted by Gasteiger charge is -2.35. The molecule has 0 atom stereocenters. The Labute approximate surface area is 169 Å². The van der Waals surface area contributed by atoms with Crippen molar-refractivity contribution in [3.8, 4) is 22.3 Å². The van der Waals surface area contributed by atoms with E-state index >= 15 is 0 Å². The van der Waals surface area contributed by atoms with E-state index in [0.717, 1.165) is 42.9 Å². The number of rotatable bonds is 6. The first-order valence-electron chi connectivity index (χ1n) is 9.57. The maximum Gasteiger partial charge on any atom is 0.299 e. The second kappa shape index (κ2) is 7.99. The van der Waals surface area contributed by atoms with Crippen LogP contribution in [-0.4, -0.2) is 45.1 Å². The molecule has 3 aromatic rings. The summed E-state index contributed by atoms with van der Waals surface area (Å²) >= 11 is 1.27. The van der Waals surface area contributed by atoms with E-state index in [2.05, 4.69) is 59.3 Å². The minimum atomic E-state index is -0.143. The Hall–Kier alpha value is -2.28. The van der Waals surface area contributed by atoms with Gasteiger partial charge in [0.15, 0.2) is 5.82 Å². The Morgan fingerprint density at radius 2 is 1.86 bits per heavy atom. The van der Waals surface area contributed by atoms with Crippen LogP contribution >= 0.6 is 11.5 Å². The molecule has 1 aromatic heterocycles. The predicted octanol–water partition coefficient (Wildman–Crippen LogP) is 4.14. The Morgan fingerprint density at radius 3 is 2.57 bits per heavy atom. The van der Waals surface area contributed by atoms with Gasteiger partial charge in [-0.05, 0) is 49.9 Å². The smallest absolute Gasteiger partial charge is 0.299 e. The molecule has 0 saturated carbocycles. The van der Waals surface area contributed by atoms with Crippen molar-refractivity contribution < 1.29 is 9.84 Å². The molecule has 1 aliphatic rings. The van der Waals surface area contributed by atoms with Crippen LogP contribution in [0.1, 0.15) is 22.3 Å². The van der Waals surface area contributed by atoms with Crippen LogP contribution < -0.4 is 4.74 Å². The van der Waals surface area contributed by atoms with Gasteiger partial charge in [0, 0.05) is 36.7 Å². The fourth-order valence-electron chi connectivity index (χ4n) is 3.40. The Kier molecular flexibility index (Phi) is 5.44. The van der Waals surface area contributed by atoms with Crippen molar-refractivity contribution in [1.29, 1.82) is 0 Å². The number of ether oxygens (including phenoxy) is 1. The topological polar surface area (TPSA) is 58.5 Å². The molecule has 0 radical (unpaired) electrons. The van der Waals surface area contributed by atoms with Gasteiger partial charge >= 0.3 is 0 Å². The number of likely N-dealkylation sites (tertiary alicyclic amines) is 1. The van der Waals surface area contributed by atoms with Gasteiger partial charge in [-0.3, -0.25) is 4.90 Å². The summed E-state index contributed by atoms with van der Waals surface area (Å²) in [6.07, 6.45) is 0.839. The summed E-state index contributed by atoms with van der Waals surface area (Å²) < 4.78 is 10.5. The van der Waals surface area contributed by atoms with Crippen LogP contribution in [0.15, 0.2) is 36.4 Å². The van der Waals surface area contributed by atoms with Gasteiger partial charge in [-0.1, -0.05) is 35.9 Å². The Bertz CT molecular complexity index is 962. The number of aryl methyl sites for hydroxylation is 3. The number of β-amino-alcohol motifs (C(OH)–C–C–N with tert-alkyl or cyclic N) is 1. The molecule has 2 aromatic carbocycles. The van der Waals surface area contributed by atoms with E-state index in [1.807, 2.05) is 12.1 Å². The summed E-state index contributed by atoms with van der Waals surface area (Å²) in [7, 11) is 0. The highest BCUT2D eigenvalue weighted by molar-refractivity contribution is 7.07. The highest BCUT2D eigenvalue weighted by Crippen LogP contribution is 2.31. The molecule has 0 unspecified atom stereocenters. The fraction of sp³-hybridized carbons (Fsp3) is 0.364. The molecule has 5 nitrogen and oxygen atoms in total. The average molecular weight is 396 g/mol. The van der Waals surface area contributed by atoms with E-state index in [0.29, 0.717) is 11.0 Å². The van der Waals surface area contributed by atoms with Gasteiger partial charge in [-0.15, -0.1) is 0 Å². The van der Waals surface area contributed by atoms with Gasteiger partial charge in [0.25, 0.3) is 5.19 Å². The molecule has 6 heteroatoms. The number of hydrogen-bond acceptors (Lipinski definition) is 6.